The van der Waals surface area contributed by atoms with Gasteiger partial charge in [0.1, 0.15) is 0 Å². The van der Waals surface area contributed by atoms with Crippen molar-refractivity contribution >= 4 is 17.5 Å². The van der Waals surface area contributed by atoms with Crippen LogP contribution in [0.4, 0.5) is 0 Å². The molecule has 0 bridgehead atoms. The van der Waals surface area contributed by atoms with Crippen LogP contribution in [-0.2, 0) is 11.2 Å². The number of rotatable bonds is 5. The monoisotopic (exact) mass is 389 g/mol. The molecule has 1 aromatic carbocycles. The molecule has 1 aliphatic rings. The summed E-state index contributed by atoms with van der Waals surface area (Å²) in [4.78, 5) is 15.3. The summed E-state index contributed by atoms with van der Waals surface area (Å²) < 4.78 is 7.29. The standard InChI is InChI=1S/C21H28ClN3O2/c1-14(2)13-17-19(21(26)24-9-11-27-12-10-24)20(15(3)4)25(23-17)18-8-6-5-7-16(18)22/h5-8,14-15H,9-13H2,1-4H3. The summed E-state index contributed by atoms with van der Waals surface area (Å²) in [5, 5.41) is 5.50. The fourth-order valence-electron chi connectivity index (χ4n) is 3.51. The summed E-state index contributed by atoms with van der Waals surface area (Å²) in [5.41, 5.74) is 3.33. The molecule has 0 N–H and O–H groups in total. The lowest BCUT2D eigenvalue weighted by Gasteiger charge is -2.27. The van der Waals surface area contributed by atoms with E-state index >= 15 is 0 Å². The van der Waals surface area contributed by atoms with Crippen molar-refractivity contribution in [1.29, 1.82) is 0 Å². The summed E-state index contributed by atoms with van der Waals surface area (Å²) >= 11 is 6.46. The number of carbonyl (C=O) groups excluding carboxylic acids is 1. The lowest BCUT2D eigenvalue weighted by molar-refractivity contribution is 0.0301. The molecular formula is C21H28ClN3O2. The van der Waals surface area contributed by atoms with Gasteiger partial charge in [-0.15, -0.1) is 0 Å². The molecule has 146 valence electrons. The van der Waals surface area contributed by atoms with Crippen molar-refractivity contribution in [2.24, 2.45) is 5.92 Å². The van der Waals surface area contributed by atoms with E-state index in [4.69, 9.17) is 21.4 Å². The van der Waals surface area contributed by atoms with Gasteiger partial charge in [0.05, 0.1) is 40.9 Å². The maximum absolute atomic E-state index is 13.4. The first kappa shape index (κ1) is 19.9. The first-order chi connectivity index (χ1) is 12.9. The van der Waals surface area contributed by atoms with Gasteiger partial charge in [-0.1, -0.05) is 51.4 Å². The molecule has 0 saturated carbocycles. The third-order valence-electron chi connectivity index (χ3n) is 4.73. The van der Waals surface area contributed by atoms with Gasteiger partial charge in [-0.05, 0) is 30.4 Å². The normalized spacial score (nSPS) is 15.0. The van der Waals surface area contributed by atoms with E-state index in [1.165, 1.54) is 0 Å². The maximum atomic E-state index is 13.4. The highest BCUT2D eigenvalue weighted by atomic mass is 35.5. The molecule has 0 radical (unpaired) electrons. The summed E-state index contributed by atoms with van der Waals surface area (Å²) in [7, 11) is 0. The minimum atomic E-state index is 0.0518. The number of hydrogen-bond donors (Lipinski definition) is 0. The summed E-state index contributed by atoms with van der Waals surface area (Å²) in [6, 6.07) is 7.65. The largest absolute Gasteiger partial charge is 0.378 e. The van der Waals surface area contributed by atoms with Gasteiger partial charge in [-0.3, -0.25) is 4.79 Å². The van der Waals surface area contributed by atoms with Gasteiger partial charge in [0.15, 0.2) is 0 Å². The molecule has 5 nitrogen and oxygen atoms in total. The van der Waals surface area contributed by atoms with E-state index in [1.807, 2.05) is 33.8 Å². The predicted molar refractivity (Wildman–Crippen MR) is 108 cm³/mol. The maximum Gasteiger partial charge on any atom is 0.257 e. The molecule has 1 saturated heterocycles. The molecule has 1 fully saturated rings. The second-order valence-electron chi connectivity index (χ2n) is 7.73. The zero-order chi connectivity index (χ0) is 19.6. The highest BCUT2D eigenvalue weighted by Gasteiger charge is 2.30. The second kappa shape index (κ2) is 8.44. The number of benzene rings is 1. The Kier molecular flexibility index (Phi) is 6.22. The van der Waals surface area contributed by atoms with Crippen molar-refractivity contribution < 1.29 is 9.53 Å². The molecule has 3 rings (SSSR count). The minimum absolute atomic E-state index is 0.0518. The number of halogens is 1. The number of carbonyl (C=O) groups is 1. The van der Waals surface area contributed by atoms with Crippen LogP contribution in [0.2, 0.25) is 5.02 Å². The molecule has 0 aliphatic carbocycles. The smallest absolute Gasteiger partial charge is 0.257 e. The Morgan fingerprint density at radius 2 is 1.85 bits per heavy atom. The Balaban J connectivity index is 2.17. The third-order valence-corrected chi connectivity index (χ3v) is 5.05. The number of para-hydroxylation sites is 1. The van der Waals surface area contributed by atoms with Crippen LogP contribution >= 0.6 is 11.6 Å². The highest BCUT2D eigenvalue weighted by molar-refractivity contribution is 6.32. The fourth-order valence-corrected chi connectivity index (χ4v) is 3.72. The van der Waals surface area contributed by atoms with Gasteiger partial charge in [0.25, 0.3) is 5.91 Å². The molecular weight excluding hydrogens is 362 g/mol. The number of amides is 1. The SMILES string of the molecule is CC(C)Cc1nn(-c2ccccc2Cl)c(C(C)C)c1C(=O)N1CCOCC1. The van der Waals surface area contributed by atoms with E-state index in [2.05, 4.69) is 27.7 Å². The van der Waals surface area contributed by atoms with E-state index in [0.29, 0.717) is 37.2 Å². The lowest BCUT2D eigenvalue weighted by Crippen LogP contribution is -2.41. The van der Waals surface area contributed by atoms with Crippen molar-refractivity contribution in [3.05, 3.63) is 46.2 Å². The van der Waals surface area contributed by atoms with Gasteiger partial charge < -0.3 is 9.64 Å². The zero-order valence-electron chi connectivity index (χ0n) is 16.5. The van der Waals surface area contributed by atoms with E-state index < -0.39 is 0 Å². The number of aromatic nitrogens is 2. The van der Waals surface area contributed by atoms with Crippen molar-refractivity contribution in [2.45, 2.75) is 40.0 Å². The predicted octanol–water partition coefficient (Wildman–Crippen LogP) is 4.32. The summed E-state index contributed by atoms with van der Waals surface area (Å²) in [6.45, 7) is 10.9. The Hall–Kier alpha value is -1.85. The molecule has 0 atom stereocenters. The number of nitrogens with zero attached hydrogens (tertiary/aromatic N) is 3. The summed E-state index contributed by atoms with van der Waals surface area (Å²) in [6.07, 6.45) is 0.753. The second-order valence-corrected chi connectivity index (χ2v) is 8.13. The van der Waals surface area contributed by atoms with Crippen molar-refractivity contribution in [1.82, 2.24) is 14.7 Å². The van der Waals surface area contributed by atoms with Crippen LogP contribution in [0.1, 0.15) is 55.4 Å². The van der Waals surface area contributed by atoms with E-state index in [1.54, 1.807) is 0 Å². The molecule has 2 aromatic rings. The number of ether oxygens (including phenoxy) is 1. The first-order valence-electron chi connectivity index (χ1n) is 9.63. The molecule has 1 amide bonds. The summed E-state index contributed by atoms with van der Waals surface area (Å²) in [5.74, 6) is 0.585. The van der Waals surface area contributed by atoms with Crippen molar-refractivity contribution in [2.75, 3.05) is 26.3 Å². The average Bonchev–Trinajstić information content (AvgIpc) is 3.00. The molecule has 6 heteroatoms. The zero-order valence-corrected chi connectivity index (χ0v) is 17.3. The Bertz CT molecular complexity index is 808. The fraction of sp³-hybridized carbons (Fsp3) is 0.524. The lowest BCUT2D eigenvalue weighted by atomic mass is 9.97. The van der Waals surface area contributed by atoms with E-state index in [-0.39, 0.29) is 11.8 Å². The number of morpholine rings is 1. The van der Waals surface area contributed by atoms with E-state index in [9.17, 15) is 4.79 Å². The Morgan fingerprint density at radius 1 is 1.19 bits per heavy atom. The van der Waals surface area contributed by atoms with Gasteiger partial charge in [0.2, 0.25) is 0 Å². The highest BCUT2D eigenvalue weighted by Crippen LogP contribution is 2.31. The quantitative estimate of drug-likeness (QED) is 0.765. The third kappa shape index (κ3) is 4.19. The van der Waals surface area contributed by atoms with Crippen molar-refractivity contribution in [3.63, 3.8) is 0 Å². The number of hydrogen-bond acceptors (Lipinski definition) is 3. The van der Waals surface area contributed by atoms with Crippen LogP contribution in [-0.4, -0.2) is 46.9 Å². The van der Waals surface area contributed by atoms with E-state index in [0.717, 1.165) is 29.1 Å². The van der Waals surface area contributed by atoms with Crippen LogP contribution in [0.25, 0.3) is 5.69 Å². The van der Waals surface area contributed by atoms with Crippen LogP contribution in [0, 0.1) is 5.92 Å². The Morgan fingerprint density at radius 3 is 2.44 bits per heavy atom. The van der Waals surface area contributed by atoms with Gasteiger partial charge in [-0.2, -0.15) is 5.10 Å². The van der Waals surface area contributed by atoms with Gasteiger partial charge in [0, 0.05) is 13.1 Å². The van der Waals surface area contributed by atoms with Gasteiger partial charge in [-0.25, -0.2) is 4.68 Å². The van der Waals surface area contributed by atoms with Crippen LogP contribution < -0.4 is 0 Å². The van der Waals surface area contributed by atoms with Gasteiger partial charge >= 0.3 is 0 Å². The van der Waals surface area contributed by atoms with Crippen molar-refractivity contribution in [3.8, 4) is 5.69 Å². The van der Waals surface area contributed by atoms with Crippen LogP contribution in [0.3, 0.4) is 0 Å². The molecule has 0 spiro atoms. The minimum Gasteiger partial charge on any atom is -0.378 e. The molecule has 2 heterocycles. The Labute approximate surface area is 166 Å². The average molecular weight is 390 g/mol. The molecule has 27 heavy (non-hydrogen) atoms. The van der Waals surface area contributed by atoms with Crippen LogP contribution in [0.5, 0.6) is 0 Å². The molecule has 0 unspecified atom stereocenters. The molecule has 1 aliphatic heterocycles. The topological polar surface area (TPSA) is 47.4 Å². The molecule has 1 aromatic heterocycles. The first-order valence-corrected chi connectivity index (χ1v) is 10.0. The van der Waals surface area contributed by atoms with Crippen LogP contribution in [0.15, 0.2) is 24.3 Å².